The molecule has 3 fully saturated rings. The Morgan fingerprint density at radius 1 is 1.04 bits per heavy atom. The van der Waals surface area contributed by atoms with Gasteiger partial charge in [0.1, 0.15) is 11.5 Å². The molecule has 140 valence electrons. The third kappa shape index (κ3) is 3.88. The highest BCUT2D eigenvalue weighted by Gasteiger charge is 2.34. The van der Waals surface area contributed by atoms with Crippen molar-refractivity contribution >= 4 is 11.7 Å². The number of para-hydroxylation sites is 1. The van der Waals surface area contributed by atoms with Crippen LogP contribution in [-0.2, 0) is 0 Å². The van der Waals surface area contributed by atoms with Crippen molar-refractivity contribution in [1.29, 1.82) is 0 Å². The molecule has 0 aliphatic carbocycles. The van der Waals surface area contributed by atoms with Crippen LogP contribution in [0, 0.1) is 5.92 Å². The number of fused-ring (bicyclic) bond motifs is 3. The third-order valence-electron chi connectivity index (χ3n) is 5.58. The summed E-state index contributed by atoms with van der Waals surface area (Å²) in [7, 11) is 0. The molecule has 3 saturated heterocycles. The van der Waals surface area contributed by atoms with Gasteiger partial charge in [-0.05, 0) is 75.2 Å². The van der Waals surface area contributed by atoms with Crippen molar-refractivity contribution in [3.05, 3.63) is 59.7 Å². The molecule has 0 saturated carbocycles. The van der Waals surface area contributed by atoms with Gasteiger partial charge in [0.15, 0.2) is 5.78 Å². The summed E-state index contributed by atoms with van der Waals surface area (Å²) < 4.78 is 5.84. The van der Waals surface area contributed by atoms with Crippen LogP contribution in [0.1, 0.15) is 40.5 Å². The first-order chi connectivity index (χ1) is 13.1. The van der Waals surface area contributed by atoms with Crippen molar-refractivity contribution in [3.63, 3.8) is 0 Å². The summed E-state index contributed by atoms with van der Waals surface area (Å²) in [6.45, 7) is 4.79. The summed E-state index contributed by atoms with van der Waals surface area (Å²) in [4.78, 5) is 26.7. The predicted octanol–water partition coefficient (Wildman–Crippen LogP) is 3.51. The number of nitrogens with zero attached hydrogens (tertiary/aromatic N) is 1. The second-order valence-electron chi connectivity index (χ2n) is 7.40. The van der Waals surface area contributed by atoms with Gasteiger partial charge in [-0.25, -0.2) is 0 Å². The van der Waals surface area contributed by atoms with E-state index in [-0.39, 0.29) is 17.7 Å². The van der Waals surface area contributed by atoms with E-state index in [0.717, 1.165) is 19.6 Å². The Morgan fingerprint density at radius 3 is 2.37 bits per heavy atom. The van der Waals surface area contributed by atoms with Gasteiger partial charge < -0.3 is 15.0 Å². The first-order valence-electron chi connectivity index (χ1n) is 9.51. The van der Waals surface area contributed by atoms with E-state index in [2.05, 4.69) is 10.2 Å². The molecule has 5 heteroatoms. The molecule has 0 aromatic heterocycles. The Hall–Kier alpha value is -2.66. The summed E-state index contributed by atoms with van der Waals surface area (Å²) in [6, 6.07) is 14.5. The Kier molecular flexibility index (Phi) is 4.94. The predicted molar refractivity (Wildman–Crippen MR) is 103 cm³/mol. The molecule has 1 N–H and O–H groups in total. The molecule has 2 aromatic carbocycles. The highest BCUT2D eigenvalue weighted by molar-refractivity contribution is 5.97. The fraction of sp³-hybridized carbons (Fsp3) is 0.364. The molecule has 3 aliphatic rings. The summed E-state index contributed by atoms with van der Waals surface area (Å²) >= 11 is 0. The van der Waals surface area contributed by atoms with E-state index in [4.69, 9.17) is 4.74 Å². The van der Waals surface area contributed by atoms with Gasteiger partial charge in [-0.15, -0.1) is 0 Å². The van der Waals surface area contributed by atoms with Gasteiger partial charge in [-0.1, -0.05) is 12.1 Å². The van der Waals surface area contributed by atoms with Crippen molar-refractivity contribution in [2.75, 3.05) is 19.6 Å². The van der Waals surface area contributed by atoms with Gasteiger partial charge in [-0.3, -0.25) is 9.59 Å². The number of nitrogens with one attached hydrogen (secondary N) is 1. The molecule has 5 nitrogen and oxygen atoms in total. The standard InChI is InChI=1S/C22H24N2O3/c1-15(25)19-4-2-3-5-21(19)27-18-8-6-17(7-9-18)22(26)23-20-14-24-12-10-16(20)11-13-24/h2-9,16,20H,10-14H2,1H3,(H,23,26). The number of piperidine rings is 3. The summed E-state index contributed by atoms with van der Waals surface area (Å²) in [5.74, 6) is 1.64. The van der Waals surface area contributed by atoms with E-state index >= 15 is 0 Å². The molecular weight excluding hydrogens is 340 g/mol. The van der Waals surface area contributed by atoms with Gasteiger partial charge in [-0.2, -0.15) is 0 Å². The maximum absolute atomic E-state index is 12.6. The van der Waals surface area contributed by atoms with Crippen molar-refractivity contribution in [2.24, 2.45) is 5.92 Å². The number of ketones is 1. The maximum Gasteiger partial charge on any atom is 0.251 e. The smallest absolute Gasteiger partial charge is 0.251 e. The molecule has 1 amide bonds. The zero-order valence-corrected chi connectivity index (χ0v) is 15.5. The van der Waals surface area contributed by atoms with Crippen LogP contribution >= 0.6 is 0 Å². The minimum Gasteiger partial charge on any atom is -0.457 e. The van der Waals surface area contributed by atoms with Crippen molar-refractivity contribution < 1.29 is 14.3 Å². The average Bonchev–Trinajstić information content (AvgIpc) is 2.70. The molecule has 0 spiro atoms. The SMILES string of the molecule is CC(=O)c1ccccc1Oc1ccc(C(=O)NC2CN3CCC2CC3)cc1. The van der Waals surface area contributed by atoms with Crippen LogP contribution in [0.15, 0.2) is 48.5 Å². The van der Waals surface area contributed by atoms with Gasteiger partial charge >= 0.3 is 0 Å². The lowest BCUT2D eigenvalue weighted by molar-refractivity contribution is 0.0620. The fourth-order valence-corrected chi connectivity index (χ4v) is 4.03. The highest BCUT2D eigenvalue weighted by atomic mass is 16.5. The van der Waals surface area contributed by atoms with Crippen LogP contribution in [0.3, 0.4) is 0 Å². The molecule has 2 bridgehead atoms. The molecule has 3 heterocycles. The Bertz CT molecular complexity index is 839. The molecule has 3 aliphatic heterocycles. The molecule has 1 unspecified atom stereocenters. The topological polar surface area (TPSA) is 58.6 Å². The quantitative estimate of drug-likeness (QED) is 0.825. The highest BCUT2D eigenvalue weighted by Crippen LogP contribution is 2.28. The van der Waals surface area contributed by atoms with Crippen molar-refractivity contribution in [3.8, 4) is 11.5 Å². The van der Waals surface area contributed by atoms with E-state index in [9.17, 15) is 9.59 Å². The van der Waals surface area contributed by atoms with Gasteiger partial charge in [0, 0.05) is 18.2 Å². The van der Waals surface area contributed by atoms with E-state index < -0.39 is 0 Å². The number of Topliss-reactive ketones (excluding diaryl/α,β-unsaturated/α-hetero) is 1. The number of benzene rings is 2. The monoisotopic (exact) mass is 364 g/mol. The van der Waals surface area contributed by atoms with Crippen LogP contribution in [0.25, 0.3) is 0 Å². The summed E-state index contributed by atoms with van der Waals surface area (Å²) in [5.41, 5.74) is 1.17. The molecule has 1 atom stereocenters. The van der Waals surface area contributed by atoms with Crippen LogP contribution in [-0.4, -0.2) is 42.3 Å². The lowest BCUT2D eigenvalue weighted by Gasteiger charge is -2.44. The molecule has 5 rings (SSSR count). The van der Waals surface area contributed by atoms with Gasteiger partial charge in [0.05, 0.1) is 5.56 Å². The van der Waals surface area contributed by atoms with Crippen LogP contribution in [0.5, 0.6) is 11.5 Å². The maximum atomic E-state index is 12.6. The van der Waals surface area contributed by atoms with Crippen LogP contribution in [0.2, 0.25) is 0 Å². The van der Waals surface area contributed by atoms with E-state index in [1.54, 1.807) is 36.4 Å². The summed E-state index contributed by atoms with van der Waals surface area (Å²) in [6.07, 6.45) is 2.35. The molecule has 0 radical (unpaired) electrons. The first kappa shape index (κ1) is 17.7. The lowest BCUT2D eigenvalue weighted by Crippen LogP contribution is -2.57. The lowest BCUT2D eigenvalue weighted by atomic mass is 9.84. The van der Waals surface area contributed by atoms with E-state index in [0.29, 0.717) is 28.5 Å². The Balaban J connectivity index is 1.42. The Morgan fingerprint density at radius 2 is 1.74 bits per heavy atom. The van der Waals surface area contributed by atoms with Gasteiger partial charge in [0.25, 0.3) is 5.91 Å². The van der Waals surface area contributed by atoms with Crippen molar-refractivity contribution in [2.45, 2.75) is 25.8 Å². The second-order valence-corrected chi connectivity index (χ2v) is 7.40. The Labute approximate surface area is 159 Å². The first-order valence-corrected chi connectivity index (χ1v) is 9.51. The largest absolute Gasteiger partial charge is 0.457 e. The van der Waals surface area contributed by atoms with Gasteiger partial charge in [0.2, 0.25) is 0 Å². The van der Waals surface area contributed by atoms with Crippen LogP contribution < -0.4 is 10.1 Å². The number of amides is 1. The number of carbonyl (C=O) groups excluding carboxylic acids is 2. The molecule has 2 aromatic rings. The van der Waals surface area contributed by atoms with Crippen LogP contribution in [0.4, 0.5) is 0 Å². The number of rotatable bonds is 5. The normalized spacial score (nSPS) is 23.7. The number of hydrogen-bond donors (Lipinski definition) is 1. The van der Waals surface area contributed by atoms with Crippen molar-refractivity contribution in [1.82, 2.24) is 10.2 Å². The number of ether oxygens (including phenoxy) is 1. The minimum atomic E-state index is -0.0425. The minimum absolute atomic E-state index is 0.0376. The van der Waals surface area contributed by atoms with E-state index in [1.807, 2.05) is 12.1 Å². The summed E-state index contributed by atoms with van der Waals surface area (Å²) in [5, 5.41) is 3.19. The fourth-order valence-electron chi connectivity index (χ4n) is 4.03. The molecule has 27 heavy (non-hydrogen) atoms. The third-order valence-corrected chi connectivity index (χ3v) is 5.58. The number of carbonyl (C=O) groups is 2. The zero-order valence-electron chi connectivity index (χ0n) is 15.5. The average molecular weight is 364 g/mol. The second kappa shape index (κ2) is 7.53. The number of hydrogen-bond acceptors (Lipinski definition) is 4. The van der Waals surface area contributed by atoms with E-state index in [1.165, 1.54) is 19.8 Å². The zero-order chi connectivity index (χ0) is 18.8. The molecular formula is C22H24N2O3.